The van der Waals surface area contributed by atoms with Crippen LogP contribution >= 0.6 is 11.8 Å². The minimum Gasteiger partial charge on any atom is -0.493 e. The first-order valence-electron chi connectivity index (χ1n) is 10.4. The Labute approximate surface area is 175 Å². The summed E-state index contributed by atoms with van der Waals surface area (Å²) in [6.07, 6.45) is 4.31. The summed E-state index contributed by atoms with van der Waals surface area (Å²) < 4.78 is 11.5. The second-order valence-electron chi connectivity index (χ2n) is 7.83. The van der Waals surface area contributed by atoms with Crippen molar-refractivity contribution in [3.63, 3.8) is 0 Å². The molecule has 1 heterocycles. The van der Waals surface area contributed by atoms with Crippen LogP contribution in [0.2, 0.25) is 0 Å². The number of benzene rings is 1. The Hall–Kier alpha value is -1.40. The SMILES string of the molecule is CCNC(=NCC1(SC)CCOCC1)NC(C)c1ccc(OCC(C)C)cc1. The van der Waals surface area contributed by atoms with Crippen LogP contribution < -0.4 is 15.4 Å². The predicted molar refractivity (Wildman–Crippen MR) is 121 cm³/mol. The minimum absolute atomic E-state index is 0.164. The normalized spacial score (nSPS) is 18.0. The highest BCUT2D eigenvalue weighted by molar-refractivity contribution is 8.00. The average Bonchev–Trinajstić information content (AvgIpc) is 2.71. The lowest BCUT2D eigenvalue weighted by Crippen LogP contribution is -2.41. The van der Waals surface area contributed by atoms with E-state index in [0.29, 0.717) is 5.92 Å². The van der Waals surface area contributed by atoms with Crippen LogP contribution in [0.15, 0.2) is 29.3 Å². The Morgan fingerprint density at radius 3 is 2.46 bits per heavy atom. The monoisotopic (exact) mass is 407 g/mol. The molecule has 0 aromatic heterocycles. The van der Waals surface area contributed by atoms with Gasteiger partial charge >= 0.3 is 0 Å². The highest BCUT2D eigenvalue weighted by atomic mass is 32.2. The molecule has 0 bridgehead atoms. The molecule has 1 fully saturated rings. The maximum absolute atomic E-state index is 5.78. The van der Waals surface area contributed by atoms with Crippen LogP contribution in [0.4, 0.5) is 0 Å². The van der Waals surface area contributed by atoms with Crippen LogP contribution in [0.25, 0.3) is 0 Å². The van der Waals surface area contributed by atoms with Crippen LogP contribution in [0.5, 0.6) is 5.75 Å². The number of ether oxygens (including phenoxy) is 2. The van der Waals surface area contributed by atoms with E-state index in [1.807, 2.05) is 23.9 Å². The number of aliphatic imine (C=N–C) groups is 1. The van der Waals surface area contributed by atoms with Crippen molar-refractivity contribution in [1.82, 2.24) is 10.6 Å². The molecule has 1 aliphatic rings. The number of hydrogen-bond acceptors (Lipinski definition) is 4. The molecule has 0 saturated carbocycles. The first-order chi connectivity index (χ1) is 13.5. The minimum atomic E-state index is 0.164. The Bertz CT molecular complexity index is 598. The summed E-state index contributed by atoms with van der Waals surface area (Å²) in [5, 5.41) is 6.92. The fourth-order valence-corrected chi connectivity index (χ4v) is 3.89. The van der Waals surface area contributed by atoms with Gasteiger partial charge in [0.25, 0.3) is 0 Å². The van der Waals surface area contributed by atoms with Gasteiger partial charge in [0.1, 0.15) is 5.75 Å². The molecule has 0 aliphatic carbocycles. The molecule has 2 rings (SSSR count). The van der Waals surface area contributed by atoms with Crippen LogP contribution in [-0.2, 0) is 4.74 Å². The molecule has 0 radical (unpaired) electrons. The molecule has 1 aromatic carbocycles. The Kier molecular flexibility index (Phi) is 9.45. The van der Waals surface area contributed by atoms with Gasteiger partial charge in [-0.3, -0.25) is 4.99 Å². The molecule has 0 spiro atoms. The average molecular weight is 408 g/mol. The molecule has 158 valence electrons. The molecule has 5 nitrogen and oxygen atoms in total. The van der Waals surface area contributed by atoms with E-state index in [9.17, 15) is 0 Å². The van der Waals surface area contributed by atoms with Crippen LogP contribution in [-0.4, -0.2) is 49.9 Å². The topological polar surface area (TPSA) is 54.9 Å². The first-order valence-corrected chi connectivity index (χ1v) is 11.6. The van der Waals surface area contributed by atoms with Crippen LogP contribution in [0.3, 0.4) is 0 Å². The van der Waals surface area contributed by atoms with Gasteiger partial charge in [-0.25, -0.2) is 0 Å². The van der Waals surface area contributed by atoms with Crippen LogP contribution in [0.1, 0.15) is 52.1 Å². The number of thioether (sulfide) groups is 1. The van der Waals surface area contributed by atoms with Gasteiger partial charge in [-0.15, -0.1) is 0 Å². The van der Waals surface area contributed by atoms with E-state index in [1.165, 1.54) is 5.56 Å². The summed E-state index contributed by atoms with van der Waals surface area (Å²) in [7, 11) is 0. The zero-order valence-corrected chi connectivity index (χ0v) is 18.9. The second kappa shape index (κ2) is 11.6. The highest BCUT2D eigenvalue weighted by Gasteiger charge is 2.31. The van der Waals surface area contributed by atoms with E-state index in [1.54, 1.807) is 0 Å². The van der Waals surface area contributed by atoms with E-state index < -0.39 is 0 Å². The fraction of sp³-hybridized carbons (Fsp3) is 0.682. The van der Waals surface area contributed by atoms with Gasteiger partial charge in [0, 0.05) is 24.5 Å². The summed E-state index contributed by atoms with van der Waals surface area (Å²) >= 11 is 1.92. The quantitative estimate of drug-likeness (QED) is 0.473. The second-order valence-corrected chi connectivity index (χ2v) is 9.11. The molecule has 0 amide bonds. The molecule has 6 heteroatoms. The largest absolute Gasteiger partial charge is 0.493 e. The number of nitrogens with zero attached hydrogens (tertiary/aromatic N) is 1. The van der Waals surface area contributed by atoms with Gasteiger partial charge in [-0.1, -0.05) is 26.0 Å². The Morgan fingerprint density at radius 1 is 1.21 bits per heavy atom. The van der Waals surface area contributed by atoms with Crippen molar-refractivity contribution in [2.45, 2.75) is 51.3 Å². The highest BCUT2D eigenvalue weighted by Crippen LogP contribution is 2.34. The lowest BCUT2D eigenvalue weighted by molar-refractivity contribution is 0.0794. The van der Waals surface area contributed by atoms with Crippen molar-refractivity contribution >= 4 is 17.7 Å². The van der Waals surface area contributed by atoms with Gasteiger partial charge in [-0.2, -0.15) is 11.8 Å². The maximum Gasteiger partial charge on any atom is 0.191 e. The smallest absolute Gasteiger partial charge is 0.191 e. The van der Waals surface area contributed by atoms with E-state index in [-0.39, 0.29) is 10.8 Å². The molecule has 1 aliphatic heterocycles. The summed E-state index contributed by atoms with van der Waals surface area (Å²) in [6.45, 7) is 12.6. The van der Waals surface area contributed by atoms with Crippen molar-refractivity contribution in [3.05, 3.63) is 29.8 Å². The van der Waals surface area contributed by atoms with Crippen molar-refractivity contribution < 1.29 is 9.47 Å². The lowest BCUT2D eigenvalue weighted by Gasteiger charge is -2.34. The van der Waals surface area contributed by atoms with E-state index >= 15 is 0 Å². The van der Waals surface area contributed by atoms with Gasteiger partial charge in [0.05, 0.1) is 19.2 Å². The zero-order chi connectivity index (χ0) is 20.4. The molecule has 28 heavy (non-hydrogen) atoms. The Morgan fingerprint density at radius 2 is 1.89 bits per heavy atom. The molecular formula is C22H37N3O2S. The van der Waals surface area contributed by atoms with Gasteiger partial charge < -0.3 is 20.1 Å². The summed E-state index contributed by atoms with van der Waals surface area (Å²) in [6, 6.07) is 8.50. The zero-order valence-electron chi connectivity index (χ0n) is 18.1. The third kappa shape index (κ3) is 7.21. The van der Waals surface area contributed by atoms with Crippen molar-refractivity contribution in [1.29, 1.82) is 0 Å². The predicted octanol–water partition coefficient (Wildman–Crippen LogP) is 4.25. The van der Waals surface area contributed by atoms with Gasteiger partial charge in [0.15, 0.2) is 5.96 Å². The maximum atomic E-state index is 5.78. The van der Waals surface area contributed by atoms with E-state index in [2.05, 4.69) is 56.7 Å². The Balaban J connectivity index is 1.98. The molecule has 2 N–H and O–H groups in total. The number of guanidine groups is 1. The fourth-order valence-electron chi connectivity index (χ4n) is 3.12. The molecule has 1 aromatic rings. The van der Waals surface area contributed by atoms with Crippen molar-refractivity contribution in [3.8, 4) is 5.75 Å². The standard InChI is InChI=1S/C22H37N3O2S/c1-6-23-21(24-16-22(28-5)11-13-26-14-12-22)25-18(4)19-7-9-20(10-8-19)27-15-17(2)3/h7-10,17-18H,6,11-16H2,1-5H3,(H2,23,24,25). The number of hydrogen-bond donors (Lipinski definition) is 2. The summed E-state index contributed by atoms with van der Waals surface area (Å²) in [4.78, 5) is 4.91. The molecule has 1 saturated heterocycles. The van der Waals surface area contributed by atoms with Gasteiger partial charge in [-0.05, 0) is 56.6 Å². The number of nitrogens with one attached hydrogen (secondary N) is 2. The lowest BCUT2D eigenvalue weighted by atomic mass is 9.99. The number of rotatable bonds is 9. The molecular weight excluding hydrogens is 370 g/mol. The van der Waals surface area contributed by atoms with Gasteiger partial charge in [0.2, 0.25) is 0 Å². The summed E-state index contributed by atoms with van der Waals surface area (Å²) in [5.41, 5.74) is 1.22. The molecule has 1 unspecified atom stereocenters. The summed E-state index contributed by atoms with van der Waals surface area (Å²) in [5.74, 6) is 2.32. The van der Waals surface area contributed by atoms with E-state index in [4.69, 9.17) is 14.5 Å². The van der Waals surface area contributed by atoms with Crippen LogP contribution in [0, 0.1) is 5.92 Å². The first kappa shape index (κ1) is 22.9. The third-order valence-electron chi connectivity index (χ3n) is 5.02. The third-order valence-corrected chi connectivity index (χ3v) is 6.43. The molecule has 1 atom stereocenters. The van der Waals surface area contributed by atoms with Crippen molar-refractivity contribution in [2.24, 2.45) is 10.9 Å². The van der Waals surface area contributed by atoms with E-state index in [0.717, 1.165) is 57.5 Å². The van der Waals surface area contributed by atoms with Crippen molar-refractivity contribution in [2.75, 3.05) is 39.2 Å².